The fourth-order valence-corrected chi connectivity index (χ4v) is 6.92. The molecule has 0 aromatic heterocycles. The van der Waals surface area contributed by atoms with Crippen molar-refractivity contribution >= 4 is 47.4 Å². The van der Waals surface area contributed by atoms with Crippen LogP contribution >= 0.6 is 23.7 Å². The first-order chi connectivity index (χ1) is 17.8. The van der Waals surface area contributed by atoms with Gasteiger partial charge >= 0.3 is 5.97 Å². The van der Waals surface area contributed by atoms with Crippen molar-refractivity contribution in [1.29, 1.82) is 0 Å². The van der Waals surface area contributed by atoms with Gasteiger partial charge in [0, 0.05) is 17.9 Å². The van der Waals surface area contributed by atoms with E-state index in [2.05, 4.69) is 22.2 Å². The molecule has 0 radical (unpaired) electrons. The number of carbonyl (C=O) groups is 4. The largest absolute Gasteiger partial charge is 0.497 e. The smallest absolute Gasteiger partial charge is 0.303 e. The quantitative estimate of drug-likeness (QED) is 0.319. The van der Waals surface area contributed by atoms with Crippen molar-refractivity contribution in [3.8, 4) is 5.75 Å². The van der Waals surface area contributed by atoms with Gasteiger partial charge < -0.3 is 19.7 Å². The molecule has 2 aliphatic rings. The standard InChI is InChI=1S/C26H37N3O6S2/c1-17(27-26(33)22-15-36-16-29(22)24(31)14-35-18(2)30)25(32)28-37-23(20-7-5-4-6-8-20)13-19-9-11-21(34-3)12-10-19/h9-12,17,20,22-23H,4-8,13-16H2,1-3H3,(H,27,33)(H,28,32)/t17-,22+,23?/m1/s1. The number of hydrogen-bond acceptors (Lipinski definition) is 8. The van der Waals surface area contributed by atoms with Crippen molar-refractivity contribution in [3.05, 3.63) is 29.8 Å². The summed E-state index contributed by atoms with van der Waals surface area (Å²) in [4.78, 5) is 50.5. The lowest BCUT2D eigenvalue weighted by molar-refractivity contribution is -0.151. The number of carbonyl (C=O) groups excluding carboxylic acids is 4. The molecule has 1 aromatic rings. The molecule has 37 heavy (non-hydrogen) atoms. The number of nitrogens with zero attached hydrogens (tertiary/aromatic N) is 1. The minimum absolute atomic E-state index is 0.223. The molecule has 2 N–H and O–H groups in total. The van der Waals surface area contributed by atoms with Crippen LogP contribution in [0.3, 0.4) is 0 Å². The Labute approximate surface area is 227 Å². The van der Waals surface area contributed by atoms with Gasteiger partial charge in [-0.1, -0.05) is 31.4 Å². The molecule has 3 rings (SSSR count). The van der Waals surface area contributed by atoms with Crippen LogP contribution in [0, 0.1) is 5.92 Å². The molecule has 1 aliphatic heterocycles. The summed E-state index contributed by atoms with van der Waals surface area (Å²) in [7, 11) is 1.65. The van der Waals surface area contributed by atoms with Crippen LogP contribution < -0.4 is 14.8 Å². The van der Waals surface area contributed by atoms with Crippen molar-refractivity contribution in [1.82, 2.24) is 14.9 Å². The number of hydrogen-bond donors (Lipinski definition) is 2. The molecule has 1 aromatic carbocycles. The topological polar surface area (TPSA) is 114 Å². The summed E-state index contributed by atoms with van der Waals surface area (Å²) in [5, 5.41) is 2.97. The Bertz CT molecular complexity index is 939. The molecule has 1 saturated carbocycles. The molecule has 2 fully saturated rings. The Morgan fingerprint density at radius 1 is 1.14 bits per heavy atom. The van der Waals surface area contributed by atoms with Gasteiger partial charge in [0.15, 0.2) is 6.61 Å². The molecule has 1 saturated heterocycles. The monoisotopic (exact) mass is 551 g/mol. The molecule has 0 bridgehead atoms. The molecule has 3 atom stereocenters. The maximum atomic E-state index is 12.9. The van der Waals surface area contributed by atoms with Crippen LogP contribution in [0.4, 0.5) is 0 Å². The molecule has 9 nitrogen and oxygen atoms in total. The predicted molar refractivity (Wildman–Crippen MR) is 145 cm³/mol. The molecule has 1 aliphatic carbocycles. The van der Waals surface area contributed by atoms with Gasteiger partial charge in [-0.25, -0.2) is 0 Å². The fraction of sp³-hybridized carbons (Fsp3) is 0.615. The van der Waals surface area contributed by atoms with Crippen LogP contribution in [-0.4, -0.2) is 71.3 Å². The summed E-state index contributed by atoms with van der Waals surface area (Å²) in [5.41, 5.74) is 1.19. The average Bonchev–Trinajstić information content (AvgIpc) is 3.40. The lowest BCUT2D eigenvalue weighted by Crippen LogP contribution is -2.53. The summed E-state index contributed by atoms with van der Waals surface area (Å²) in [5.74, 6) is 0.432. The van der Waals surface area contributed by atoms with E-state index in [4.69, 9.17) is 9.47 Å². The van der Waals surface area contributed by atoms with Crippen molar-refractivity contribution < 1.29 is 28.7 Å². The second kappa shape index (κ2) is 14.5. The molecule has 1 heterocycles. The highest BCUT2D eigenvalue weighted by atomic mass is 32.2. The zero-order valence-electron chi connectivity index (χ0n) is 21.7. The Hall–Kier alpha value is -2.40. The highest BCUT2D eigenvalue weighted by Gasteiger charge is 2.36. The van der Waals surface area contributed by atoms with Crippen LogP contribution in [0.2, 0.25) is 0 Å². The van der Waals surface area contributed by atoms with E-state index in [0.29, 0.717) is 17.5 Å². The van der Waals surface area contributed by atoms with E-state index in [1.165, 1.54) is 60.4 Å². The molecule has 3 amide bonds. The van der Waals surface area contributed by atoms with Gasteiger partial charge in [0.05, 0.1) is 13.0 Å². The summed E-state index contributed by atoms with van der Waals surface area (Å²) in [6.07, 6.45) is 6.79. The Kier molecular flexibility index (Phi) is 11.4. The highest BCUT2D eigenvalue weighted by Crippen LogP contribution is 2.34. The zero-order valence-corrected chi connectivity index (χ0v) is 23.3. The van der Waals surface area contributed by atoms with E-state index in [1.54, 1.807) is 14.0 Å². The first kappa shape index (κ1) is 29.2. The number of nitrogens with one attached hydrogen (secondary N) is 2. The van der Waals surface area contributed by atoms with Gasteiger partial charge in [-0.05, 0) is 61.7 Å². The van der Waals surface area contributed by atoms with Crippen molar-refractivity contribution in [2.45, 2.75) is 69.7 Å². The number of esters is 1. The average molecular weight is 552 g/mol. The van der Waals surface area contributed by atoms with E-state index < -0.39 is 36.5 Å². The minimum Gasteiger partial charge on any atom is -0.497 e. The van der Waals surface area contributed by atoms with E-state index >= 15 is 0 Å². The van der Waals surface area contributed by atoms with Crippen molar-refractivity contribution in [2.24, 2.45) is 5.92 Å². The second-order valence-electron chi connectivity index (χ2n) is 9.46. The second-order valence-corrected chi connectivity index (χ2v) is 11.5. The third-order valence-corrected chi connectivity index (χ3v) is 8.92. The molecule has 204 valence electrons. The first-order valence-electron chi connectivity index (χ1n) is 12.7. The van der Waals surface area contributed by atoms with Gasteiger partial charge in [0.2, 0.25) is 5.91 Å². The van der Waals surface area contributed by atoms with Gasteiger partial charge in [0.1, 0.15) is 17.8 Å². The van der Waals surface area contributed by atoms with Crippen LogP contribution in [0.25, 0.3) is 0 Å². The number of methoxy groups -OCH3 is 1. The zero-order chi connectivity index (χ0) is 26.8. The summed E-state index contributed by atoms with van der Waals surface area (Å²) in [6.45, 7) is 2.47. The maximum Gasteiger partial charge on any atom is 0.303 e. The summed E-state index contributed by atoms with van der Waals surface area (Å²) < 4.78 is 13.0. The van der Waals surface area contributed by atoms with Crippen molar-refractivity contribution in [2.75, 3.05) is 25.3 Å². The van der Waals surface area contributed by atoms with Crippen LogP contribution in [0.15, 0.2) is 24.3 Å². The maximum absolute atomic E-state index is 12.9. The summed E-state index contributed by atoms with van der Waals surface area (Å²) >= 11 is 2.89. The molecule has 0 spiro atoms. The van der Waals surface area contributed by atoms with Crippen LogP contribution in [0.1, 0.15) is 51.5 Å². The van der Waals surface area contributed by atoms with Crippen LogP contribution in [-0.2, 0) is 30.3 Å². The van der Waals surface area contributed by atoms with E-state index in [-0.39, 0.29) is 11.2 Å². The Balaban J connectivity index is 1.54. The lowest BCUT2D eigenvalue weighted by Gasteiger charge is -2.30. The lowest BCUT2D eigenvalue weighted by atomic mass is 9.85. The fourth-order valence-electron chi connectivity index (χ4n) is 4.55. The number of benzene rings is 1. The number of ether oxygens (including phenoxy) is 2. The Morgan fingerprint density at radius 2 is 1.84 bits per heavy atom. The number of thioether (sulfide) groups is 1. The predicted octanol–water partition coefficient (Wildman–Crippen LogP) is 2.92. The SMILES string of the molecule is COc1ccc(CC(SNC(=O)[C@@H](C)NC(=O)[C@@H]2CSCN2C(=O)COC(C)=O)C2CCCCC2)cc1. The first-order valence-corrected chi connectivity index (χ1v) is 14.7. The normalized spacial score (nSPS) is 19.5. The van der Waals surface area contributed by atoms with Gasteiger partial charge in [0.25, 0.3) is 11.8 Å². The van der Waals surface area contributed by atoms with E-state index in [0.717, 1.165) is 25.0 Å². The van der Waals surface area contributed by atoms with Crippen LogP contribution in [0.5, 0.6) is 5.75 Å². The van der Waals surface area contributed by atoms with E-state index in [1.807, 2.05) is 12.1 Å². The minimum atomic E-state index is -0.760. The molecule has 11 heteroatoms. The van der Waals surface area contributed by atoms with Gasteiger partial charge in [-0.15, -0.1) is 11.8 Å². The molecule has 1 unspecified atom stereocenters. The number of amides is 3. The van der Waals surface area contributed by atoms with Crippen molar-refractivity contribution in [3.63, 3.8) is 0 Å². The Morgan fingerprint density at radius 3 is 2.49 bits per heavy atom. The summed E-state index contributed by atoms with van der Waals surface area (Å²) in [6, 6.07) is 6.57. The highest BCUT2D eigenvalue weighted by molar-refractivity contribution is 7.99. The van der Waals surface area contributed by atoms with Gasteiger partial charge in [-0.2, -0.15) is 0 Å². The third-order valence-electron chi connectivity index (χ3n) is 6.74. The molecular weight excluding hydrogens is 514 g/mol. The number of rotatable bonds is 11. The molecular formula is C26H37N3O6S2. The van der Waals surface area contributed by atoms with E-state index in [9.17, 15) is 19.2 Å². The van der Waals surface area contributed by atoms with Gasteiger partial charge in [-0.3, -0.25) is 23.9 Å². The third kappa shape index (κ3) is 8.84.